The third kappa shape index (κ3) is 2.40. The van der Waals surface area contributed by atoms with Crippen LogP contribution in [0.4, 0.5) is 14.5 Å². The lowest BCUT2D eigenvalue weighted by Gasteiger charge is -2.05. The molecule has 70 valence electrons. The van der Waals surface area contributed by atoms with Gasteiger partial charge in [0.15, 0.2) is 5.96 Å². The third-order valence-electron chi connectivity index (χ3n) is 1.43. The van der Waals surface area contributed by atoms with E-state index in [1.165, 1.54) is 7.05 Å². The first-order valence-electron chi connectivity index (χ1n) is 3.58. The average Bonchev–Trinajstić information content (AvgIpc) is 2.11. The molecule has 0 aliphatic carbocycles. The predicted molar refractivity (Wildman–Crippen MR) is 47.5 cm³/mol. The van der Waals surface area contributed by atoms with Crippen LogP contribution in [0.2, 0.25) is 0 Å². The van der Waals surface area contributed by atoms with Crippen LogP contribution in [0.3, 0.4) is 0 Å². The highest BCUT2D eigenvalue weighted by Gasteiger charge is 2.03. The van der Waals surface area contributed by atoms with Crippen LogP contribution in [0.1, 0.15) is 0 Å². The van der Waals surface area contributed by atoms with Crippen molar-refractivity contribution in [3.8, 4) is 0 Å². The molecule has 0 spiro atoms. The second-order valence-electron chi connectivity index (χ2n) is 2.36. The lowest BCUT2D eigenvalue weighted by Crippen LogP contribution is -2.22. The third-order valence-corrected chi connectivity index (χ3v) is 1.43. The molecule has 0 bridgehead atoms. The minimum atomic E-state index is -0.576. The number of benzene rings is 1. The summed E-state index contributed by atoms with van der Waals surface area (Å²) >= 11 is 0. The van der Waals surface area contributed by atoms with Gasteiger partial charge in [0.05, 0.1) is 5.69 Å². The zero-order chi connectivity index (χ0) is 9.84. The topological polar surface area (TPSA) is 50.4 Å². The Bertz CT molecular complexity index is 336. The quantitative estimate of drug-likeness (QED) is 0.512. The van der Waals surface area contributed by atoms with E-state index in [-0.39, 0.29) is 11.6 Å². The number of nitrogens with zero attached hydrogens (tertiary/aromatic N) is 1. The van der Waals surface area contributed by atoms with Crippen LogP contribution in [-0.2, 0) is 0 Å². The number of nitrogens with one attached hydrogen (secondary N) is 1. The molecule has 1 aromatic carbocycles. The van der Waals surface area contributed by atoms with Crippen LogP contribution >= 0.6 is 0 Å². The molecule has 0 saturated carbocycles. The van der Waals surface area contributed by atoms with Crippen molar-refractivity contribution in [2.45, 2.75) is 0 Å². The molecule has 1 aromatic rings. The number of hydrogen-bond donors (Lipinski definition) is 2. The van der Waals surface area contributed by atoms with E-state index in [1.54, 1.807) is 0 Å². The summed E-state index contributed by atoms with van der Waals surface area (Å²) in [5.41, 5.74) is 5.25. The lowest BCUT2D eigenvalue weighted by molar-refractivity contribution is 0.604. The van der Waals surface area contributed by atoms with Crippen molar-refractivity contribution in [3.63, 3.8) is 0 Å². The molecule has 0 aromatic heterocycles. The van der Waals surface area contributed by atoms with Crippen LogP contribution in [0.15, 0.2) is 23.2 Å². The number of halogens is 2. The normalized spacial score (nSPS) is 11.5. The Hall–Kier alpha value is -1.65. The van der Waals surface area contributed by atoms with Gasteiger partial charge in [0.1, 0.15) is 11.6 Å². The van der Waals surface area contributed by atoms with Crippen molar-refractivity contribution >= 4 is 11.6 Å². The molecule has 0 fully saturated rings. The molecule has 3 N–H and O–H groups in total. The number of aliphatic imine (C=N–C) groups is 1. The highest BCUT2D eigenvalue weighted by molar-refractivity contribution is 5.92. The first kappa shape index (κ1) is 9.44. The fourth-order valence-electron chi connectivity index (χ4n) is 0.787. The summed E-state index contributed by atoms with van der Waals surface area (Å²) in [5.74, 6) is -1.08. The fraction of sp³-hybridized carbons (Fsp3) is 0.125. The van der Waals surface area contributed by atoms with Gasteiger partial charge in [-0.2, -0.15) is 0 Å². The van der Waals surface area contributed by atoms with Crippen LogP contribution < -0.4 is 11.1 Å². The van der Waals surface area contributed by atoms with Gasteiger partial charge in [0.2, 0.25) is 0 Å². The smallest absolute Gasteiger partial charge is 0.192 e. The van der Waals surface area contributed by atoms with Crippen LogP contribution in [0.5, 0.6) is 0 Å². The van der Waals surface area contributed by atoms with Gasteiger partial charge in [0, 0.05) is 13.1 Å². The van der Waals surface area contributed by atoms with E-state index in [0.717, 1.165) is 18.2 Å². The molecule has 0 aliphatic heterocycles. The second-order valence-corrected chi connectivity index (χ2v) is 2.36. The number of nitrogens with two attached hydrogens (primary N) is 1. The molecule has 0 saturated heterocycles. The van der Waals surface area contributed by atoms with Crippen LogP contribution in [-0.4, -0.2) is 13.0 Å². The Labute approximate surface area is 74.3 Å². The molecule has 0 atom stereocenters. The molecule has 0 radical (unpaired) electrons. The second kappa shape index (κ2) is 3.84. The van der Waals surface area contributed by atoms with Gasteiger partial charge in [0.25, 0.3) is 0 Å². The lowest BCUT2D eigenvalue weighted by atomic mass is 10.3. The Morgan fingerprint density at radius 1 is 1.46 bits per heavy atom. The standard InChI is InChI=1S/C8H9F2N3/c1-12-8(11)13-7-4-5(9)2-3-6(7)10/h2-4H,1H3,(H3,11,12,13). The zero-order valence-corrected chi connectivity index (χ0v) is 7.01. The summed E-state index contributed by atoms with van der Waals surface area (Å²) in [6, 6.07) is 3.05. The Morgan fingerprint density at radius 2 is 2.15 bits per heavy atom. The van der Waals surface area contributed by atoms with Gasteiger partial charge in [-0.15, -0.1) is 0 Å². The van der Waals surface area contributed by atoms with E-state index >= 15 is 0 Å². The Kier molecular flexibility index (Phi) is 2.79. The molecular weight excluding hydrogens is 176 g/mol. The molecule has 5 heteroatoms. The van der Waals surface area contributed by atoms with Gasteiger partial charge >= 0.3 is 0 Å². The van der Waals surface area contributed by atoms with Gasteiger partial charge in [-0.25, -0.2) is 8.78 Å². The van der Waals surface area contributed by atoms with Crippen molar-refractivity contribution < 1.29 is 8.78 Å². The van der Waals surface area contributed by atoms with Gasteiger partial charge in [-0.05, 0) is 12.1 Å². The van der Waals surface area contributed by atoms with E-state index in [0.29, 0.717) is 0 Å². The van der Waals surface area contributed by atoms with Crippen molar-refractivity contribution in [2.24, 2.45) is 10.7 Å². The summed E-state index contributed by atoms with van der Waals surface area (Å²) in [5, 5.41) is 2.41. The fourth-order valence-corrected chi connectivity index (χ4v) is 0.787. The molecule has 13 heavy (non-hydrogen) atoms. The van der Waals surface area contributed by atoms with Crippen LogP contribution in [0, 0.1) is 11.6 Å². The zero-order valence-electron chi connectivity index (χ0n) is 7.01. The minimum absolute atomic E-state index is 0.0249. The summed E-state index contributed by atoms with van der Waals surface area (Å²) < 4.78 is 25.5. The van der Waals surface area contributed by atoms with E-state index < -0.39 is 11.6 Å². The van der Waals surface area contributed by atoms with Gasteiger partial charge in [-0.3, -0.25) is 4.99 Å². The highest BCUT2D eigenvalue weighted by Crippen LogP contribution is 2.14. The maximum atomic E-state index is 12.9. The highest BCUT2D eigenvalue weighted by atomic mass is 19.1. The minimum Gasteiger partial charge on any atom is -0.370 e. The molecule has 0 amide bonds. The maximum Gasteiger partial charge on any atom is 0.192 e. The summed E-state index contributed by atoms with van der Waals surface area (Å²) in [6.45, 7) is 0. The maximum absolute atomic E-state index is 12.9. The van der Waals surface area contributed by atoms with Crippen molar-refractivity contribution in [3.05, 3.63) is 29.8 Å². The first-order valence-corrected chi connectivity index (χ1v) is 3.58. The monoisotopic (exact) mass is 185 g/mol. The number of guanidine groups is 1. The average molecular weight is 185 g/mol. The summed E-state index contributed by atoms with van der Waals surface area (Å²) in [7, 11) is 1.44. The molecular formula is C8H9F2N3. The number of hydrogen-bond acceptors (Lipinski definition) is 1. The summed E-state index contributed by atoms with van der Waals surface area (Å²) in [6.07, 6.45) is 0. The molecule has 1 rings (SSSR count). The van der Waals surface area contributed by atoms with Gasteiger partial charge < -0.3 is 11.1 Å². The van der Waals surface area contributed by atoms with Gasteiger partial charge in [-0.1, -0.05) is 0 Å². The first-order chi connectivity index (χ1) is 6.13. The predicted octanol–water partition coefficient (Wildman–Crippen LogP) is 1.32. The largest absolute Gasteiger partial charge is 0.370 e. The van der Waals surface area contributed by atoms with Crippen molar-refractivity contribution in [2.75, 3.05) is 12.4 Å². The molecule has 0 unspecified atom stereocenters. The molecule has 0 heterocycles. The van der Waals surface area contributed by atoms with Crippen LogP contribution in [0.25, 0.3) is 0 Å². The van der Waals surface area contributed by atoms with E-state index in [1.807, 2.05) is 0 Å². The number of rotatable bonds is 1. The number of anilines is 1. The molecule has 3 nitrogen and oxygen atoms in total. The summed E-state index contributed by atoms with van der Waals surface area (Å²) in [4.78, 5) is 3.55. The van der Waals surface area contributed by atoms with E-state index in [4.69, 9.17) is 5.73 Å². The SMILES string of the molecule is CN=C(N)Nc1cc(F)ccc1F. The van der Waals surface area contributed by atoms with Crippen molar-refractivity contribution in [1.29, 1.82) is 0 Å². The Morgan fingerprint density at radius 3 is 2.77 bits per heavy atom. The Balaban J connectivity index is 2.94. The van der Waals surface area contributed by atoms with E-state index in [9.17, 15) is 8.78 Å². The van der Waals surface area contributed by atoms with Crippen molar-refractivity contribution in [1.82, 2.24) is 0 Å². The van der Waals surface area contributed by atoms with E-state index in [2.05, 4.69) is 10.3 Å². The molecule has 0 aliphatic rings.